The van der Waals surface area contributed by atoms with E-state index in [1.54, 1.807) is 24.3 Å². The average molecular weight is 270 g/mol. The molecule has 0 aliphatic heterocycles. The van der Waals surface area contributed by atoms with Crippen molar-refractivity contribution in [1.29, 1.82) is 5.26 Å². The van der Waals surface area contributed by atoms with Crippen LogP contribution in [0.15, 0.2) is 36.4 Å². The van der Waals surface area contributed by atoms with E-state index in [1.807, 2.05) is 6.07 Å². The van der Waals surface area contributed by atoms with Gasteiger partial charge in [0.2, 0.25) is 11.6 Å². The Morgan fingerprint density at radius 1 is 1.40 bits per heavy atom. The van der Waals surface area contributed by atoms with Gasteiger partial charge in [-0.1, -0.05) is 12.1 Å². The number of hydrogen-bond acceptors (Lipinski definition) is 6. The predicted octanol–water partition coefficient (Wildman–Crippen LogP) is 2.11. The summed E-state index contributed by atoms with van der Waals surface area (Å²) < 4.78 is 5.46. The molecule has 100 valence electrons. The average Bonchev–Trinajstić information content (AvgIpc) is 2.47. The maximum atomic E-state index is 10.7. The van der Waals surface area contributed by atoms with Crippen LogP contribution in [0.25, 0.3) is 0 Å². The Kier molecular flexibility index (Phi) is 3.88. The van der Waals surface area contributed by atoms with Gasteiger partial charge in [0.25, 0.3) is 0 Å². The van der Waals surface area contributed by atoms with Crippen LogP contribution in [-0.2, 0) is 6.54 Å². The highest BCUT2D eigenvalue weighted by Crippen LogP contribution is 2.24. The Hall–Kier alpha value is -2.98. The number of nitriles is 1. The van der Waals surface area contributed by atoms with Crippen LogP contribution in [-0.4, -0.2) is 9.91 Å². The number of aromatic nitrogens is 1. The van der Waals surface area contributed by atoms with Crippen molar-refractivity contribution in [3.05, 3.63) is 57.8 Å². The topological polar surface area (TPSA) is 115 Å². The summed E-state index contributed by atoms with van der Waals surface area (Å²) in [6.07, 6.45) is 0. The van der Waals surface area contributed by atoms with Gasteiger partial charge >= 0.3 is 5.69 Å². The zero-order chi connectivity index (χ0) is 14.5. The summed E-state index contributed by atoms with van der Waals surface area (Å²) in [7, 11) is 0. The smallest absolute Gasteiger partial charge is 0.305 e. The zero-order valence-electron chi connectivity index (χ0n) is 10.3. The van der Waals surface area contributed by atoms with Gasteiger partial charge in [-0.05, 0) is 17.7 Å². The number of nitrogens with two attached hydrogens (primary N) is 1. The molecule has 0 unspecified atom stereocenters. The van der Waals surface area contributed by atoms with Crippen LogP contribution >= 0.6 is 0 Å². The lowest BCUT2D eigenvalue weighted by Crippen LogP contribution is -1.98. The van der Waals surface area contributed by atoms with Gasteiger partial charge in [-0.15, -0.1) is 0 Å². The molecule has 1 aromatic heterocycles. The molecule has 20 heavy (non-hydrogen) atoms. The summed E-state index contributed by atoms with van der Waals surface area (Å²) in [6, 6.07) is 11.3. The molecule has 1 aromatic carbocycles. The van der Waals surface area contributed by atoms with Crippen molar-refractivity contribution in [2.45, 2.75) is 6.54 Å². The van der Waals surface area contributed by atoms with Crippen LogP contribution in [0.5, 0.6) is 11.6 Å². The monoisotopic (exact) mass is 270 g/mol. The Morgan fingerprint density at radius 3 is 2.85 bits per heavy atom. The van der Waals surface area contributed by atoms with Crippen molar-refractivity contribution in [3.8, 4) is 17.7 Å². The normalized spacial score (nSPS) is 9.80. The fourth-order valence-electron chi connectivity index (χ4n) is 1.58. The number of pyridine rings is 1. The molecular weight excluding hydrogens is 260 g/mol. The highest BCUT2D eigenvalue weighted by atomic mass is 16.6. The Bertz CT molecular complexity index is 694. The Balaban J connectivity index is 2.30. The van der Waals surface area contributed by atoms with Crippen molar-refractivity contribution >= 4 is 5.69 Å². The predicted molar refractivity (Wildman–Crippen MR) is 70.0 cm³/mol. The lowest BCUT2D eigenvalue weighted by Gasteiger charge is -2.06. The van der Waals surface area contributed by atoms with E-state index in [-0.39, 0.29) is 17.3 Å². The summed E-state index contributed by atoms with van der Waals surface area (Å²) in [6.45, 7) is 0.369. The van der Waals surface area contributed by atoms with Crippen molar-refractivity contribution in [1.82, 2.24) is 4.98 Å². The molecule has 2 aromatic rings. The van der Waals surface area contributed by atoms with Gasteiger partial charge in [-0.3, -0.25) is 10.1 Å². The second kappa shape index (κ2) is 5.77. The van der Waals surface area contributed by atoms with Gasteiger partial charge in [0.15, 0.2) is 0 Å². The molecule has 0 amide bonds. The summed E-state index contributed by atoms with van der Waals surface area (Å²) in [4.78, 5) is 13.8. The maximum absolute atomic E-state index is 10.7. The third kappa shape index (κ3) is 2.88. The Labute approximate surface area is 114 Å². The molecule has 2 rings (SSSR count). The van der Waals surface area contributed by atoms with E-state index in [0.29, 0.717) is 12.3 Å². The largest absolute Gasteiger partial charge is 0.439 e. The van der Waals surface area contributed by atoms with E-state index in [4.69, 9.17) is 15.7 Å². The standard InChI is InChI=1S/C13H10N4O3/c14-7-9-2-1-3-10(6-9)20-13-5-4-12(17(18)19)11(8-15)16-13/h1-6H,7,14H2. The summed E-state index contributed by atoms with van der Waals surface area (Å²) in [5, 5.41) is 19.5. The number of benzene rings is 1. The van der Waals surface area contributed by atoms with Crippen LogP contribution < -0.4 is 10.5 Å². The third-order valence-corrected chi connectivity index (χ3v) is 2.51. The first-order valence-electron chi connectivity index (χ1n) is 5.66. The van der Waals surface area contributed by atoms with Crippen molar-refractivity contribution in [2.24, 2.45) is 5.73 Å². The molecule has 0 saturated heterocycles. The van der Waals surface area contributed by atoms with Gasteiger partial charge in [-0.2, -0.15) is 10.2 Å². The van der Waals surface area contributed by atoms with Crippen molar-refractivity contribution in [3.63, 3.8) is 0 Å². The van der Waals surface area contributed by atoms with Crippen LogP contribution in [0, 0.1) is 21.4 Å². The first kappa shape index (κ1) is 13.5. The molecular formula is C13H10N4O3. The third-order valence-electron chi connectivity index (χ3n) is 2.51. The fourth-order valence-corrected chi connectivity index (χ4v) is 1.58. The molecule has 0 radical (unpaired) electrons. The number of rotatable bonds is 4. The minimum atomic E-state index is -0.662. The molecule has 0 aliphatic rings. The molecule has 0 fully saturated rings. The van der Waals surface area contributed by atoms with Gasteiger partial charge in [0.05, 0.1) is 4.92 Å². The van der Waals surface area contributed by atoms with Crippen molar-refractivity contribution in [2.75, 3.05) is 0 Å². The number of nitrogens with zero attached hydrogens (tertiary/aromatic N) is 3. The quantitative estimate of drug-likeness (QED) is 0.672. The van der Waals surface area contributed by atoms with Crippen LogP contribution in [0.3, 0.4) is 0 Å². The maximum Gasteiger partial charge on any atom is 0.305 e. The van der Waals surface area contributed by atoms with E-state index in [0.717, 1.165) is 5.56 Å². The second-order valence-electron chi connectivity index (χ2n) is 3.84. The summed E-state index contributed by atoms with van der Waals surface area (Å²) in [5.41, 5.74) is 5.76. The second-order valence-corrected chi connectivity index (χ2v) is 3.84. The highest BCUT2D eigenvalue weighted by Gasteiger charge is 2.16. The minimum Gasteiger partial charge on any atom is -0.439 e. The molecule has 0 atom stereocenters. The molecule has 7 heteroatoms. The molecule has 0 saturated carbocycles. The van der Waals surface area contributed by atoms with Crippen LogP contribution in [0.2, 0.25) is 0 Å². The van der Waals surface area contributed by atoms with E-state index >= 15 is 0 Å². The molecule has 2 N–H and O–H groups in total. The SMILES string of the molecule is N#Cc1nc(Oc2cccc(CN)c2)ccc1[N+](=O)[O-]. The first-order chi connectivity index (χ1) is 9.63. The minimum absolute atomic E-state index is 0.112. The van der Waals surface area contributed by atoms with Gasteiger partial charge in [-0.25, -0.2) is 0 Å². The van der Waals surface area contributed by atoms with E-state index < -0.39 is 4.92 Å². The van der Waals surface area contributed by atoms with Gasteiger partial charge in [0.1, 0.15) is 11.8 Å². The van der Waals surface area contributed by atoms with E-state index in [1.165, 1.54) is 12.1 Å². The summed E-state index contributed by atoms with van der Waals surface area (Å²) >= 11 is 0. The van der Waals surface area contributed by atoms with Crippen LogP contribution in [0.4, 0.5) is 5.69 Å². The lowest BCUT2D eigenvalue weighted by atomic mass is 10.2. The van der Waals surface area contributed by atoms with Crippen molar-refractivity contribution < 1.29 is 9.66 Å². The lowest BCUT2D eigenvalue weighted by molar-refractivity contribution is -0.385. The number of ether oxygens (including phenoxy) is 1. The molecule has 7 nitrogen and oxygen atoms in total. The van der Waals surface area contributed by atoms with Gasteiger partial charge in [0, 0.05) is 18.7 Å². The number of nitro groups is 1. The molecule has 0 aliphatic carbocycles. The molecule has 0 spiro atoms. The number of hydrogen-bond donors (Lipinski definition) is 1. The molecule has 1 heterocycles. The van der Waals surface area contributed by atoms with Crippen LogP contribution in [0.1, 0.15) is 11.3 Å². The highest BCUT2D eigenvalue weighted by molar-refractivity contribution is 5.46. The summed E-state index contributed by atoms with van der Waals surface area (Å²) in [5.74, 6) is 0.611. The van der Waals surface area contributed by atoms with E-state index in [2.05, 4.69) is 4.98 Å². The molecule has 0 bridgehead atoms. The van der Waals surface area contributed by atoms with Gasteiger partial charge < -0.3 is 10.5 Å². The Morgan fingerprint density at radius 2 is 2.20 bits per heavy atom. The first-order valence-corrected chi connectivity index (χ1v) is 5.66. The van der Waals surface area contributed by atoms with E-state index in [9.17, 15) is 10.1 Å². The zero-order valence-corrected chi connectivity index (χ0v) is 10.3. The fraction of sp³-hybridized carbons (Fsp3) is 0.0769.